The lowest BCUT2D eigenvalue weighted by Gasteiger charge is -2.26. The third-order valence-electron chi connectivity index (χ3n) is 3.01. The van der Waals surface area contributed by atoms with Gasteiger partial charge in [0.15, 0.2) is 4.77 Å². The minimum Gasteiger partial charge on any atom is -0.376 e. The Labute approximate surface area is 94.0 Å². The van der Waals surface area contributed by atoms with Crippen molar-refractivity contribution in [2.45, 2.75) is 25.5 Å². The lowest BCUT2D eigenvalue weighted by molar-refractivity contribution is 0.118. The Hall–Kier alpha value is -0.880. The van der Waals surface area contributed by atoms with Gasteiger partial charge in [-0.05, 0) is 25.6 Å². The van der Waals surface area contributed by atoms with Gasteiger partial charge in [0.1, 0.15) is 0 Å². The zero-order valence-electron chi connectivity index (χ0n) is 9.23. The summed E-state index contributed by atoms with van der Waals surface area (Å²) in [5.74, 6) is 0.863. The lowest BCUT2D eigenvalue weighted by atomic mass is 10.1. The minimum absolute atomic E-state index is 0.250. The monoisotopic (exact) mass is 228 g/mol. The maximum atomic E-state index is 5.54. The van der Waals surface area contributed by atoms with E-state index in [1.165, 1.54) is 0 Å². The second-order valence-electron chi connectivity index (χ2n) is 3.93. The van der Waals surface area contributed by atoms with Crippen LogP contribution in [0.3, 0.4) is 0 Å². The predicted octanol–water partition coefficient (Wildman–Crippen LogP) is 1.09. The Morgan fingerprint density at radius 1 is 1.67 bits per heavy atom. The number of likely N-dealkylation sites (N-methyl/N-ethyl adjacent to an activating group) is 1. The van der Waals surface area contributed by atoms with Gasteiger partial charge >= 0.3 is 0 Å². The fourth-order valence-electron chi connectivity index (χ4n) is 2.03. The van der Waals surface area contributed by atoms with Crippen molar-refractivity contribution in [2.75, 3.05) is 18.6 Å². The first kappa shape index (κ1) is 10.6. The van der Waals surface area contributed by atoms with Crippen molar-refractivity contribution in [3.05, 3.63) is 4.77 Å². The standard InChI is InChI=1S/C9H16N4OS/c1-6-7(4-5-14-6)12(2)8-10-11-9(15)13(8)3/h6-7H,4-5H2,1-3H3,(H,11,15). The van der Waals surface area contributed by atoms with Crippen LogP contribution in [-0.2, 0) is 11.8 Å². The predicted molar refractivity (Wildman–Crippen MR) is 60.6 cm³/mol. The van der Waals surface area contributed by atoms with Crippen molar-refractivity contribution in [1.82, 2.24) is 14.8 Å². The summed E-state index contributed by atoms with van der Waals surface area (Å²) >= 11 is 5.08. The Kier molecular flexibility index (Phi) is 2.79. The van der Waals surface area contributed by atoms with Gasteiger partial charge in [0.25, 0.3) is 0 Å². The quantitative estimate of drug-likeness (QED) is 0.770. The van der Waals surface area contributed by atoms with Gasteiger partial charge in [0.05, 0.1) is 12.1 Å². The molecule has 2 heterocycles. The highest BCUT2D eigenvalue weighted by Gasteiger charge is 2.29. The van der Waals surface area contributed by atoms with Crippen LogP contribution >= 0.6 is 12.2 Å². The summed E-state index contributed by atoms with van der Waals surface area (Å²) in [5.41, 5.74) is 0. The summed E-state index contributed by atoms with van der Waals surface area (Å²) in [5, 5.41) is 7.00. The van der Waals surface area contributed by atoms with Gasteiger partial charge in [0, 0.05) is 20.7 Å². The zero-order chi connectivity index (χ0) is 11.0. The number of nitrogens with one attached hydrogen (secondary N) is 1. The fraction of sp³-hybridized carbons (Fsp3) is 0.778. The molecule has 0 spiro atoms. The number of aromatic nitrogens is 3. The van der Waals surface area contributed by atoms with Gasteiger partial charge in [-0.15, -0.1) is 5.10 Å². The number of ether oxygens (including phenoxy) is 1. The fourth-order valence-corrected chi connectivity index (χ4v) is 2.16. The molecule has 1 aromatic rings. The normalized spacial score (nSPS) is 25.8. The highest BCUT2D eigenvalue weighted by atomic mass is 32.1. The molecule has 2 rings (SSSR count). The van der Waals surface area contributed by atoms with Gasteiger partial charge in [-0.1, -0.05) is 0 Å². The van der Waals surface area contributed by atoms with E-state index in [2.05, 4.69) is 22.0 Å². The van der Waals surface area contributed by atoms with Crippen molar-refractivity contribution in [3.63, 3.8) is 0 Å². The second-order valence-corrected chi connectivity index (χ2v) is 4.32. The van der Waals surface area contributed by atoms with E-state index in [1.54, 1.807) is 0 Å². The van der Waals surface area contributed by atoms with Crippen LogP contribution in [0.25, 0.3) is 0 Å². The first-order valence-corrected chi connectivity index (χ1v) is 5.48. The van der Waals surface area contributed by atoms with Gasteiger partial charge in [-0.25, -0.2) is 5.10 Å². The third kappa shape index (κ3) is 1.79. The number of rotatable bonds is 2. The first-order chi connectivity index (χ1) is 7.11. The summed E-state index contributed by atoms with van der Waals surface area (Å²) in [6.07, 6.45) is 1.29. The molecule has 0 saturated carbocycles. The van der Waals surface area contributed by atoms with E-state index >= 15 is 0 Å². The van der Waals surface area contributed by atoms with Gasteiger partial charge in [-0.3, -0.25) is 4.57 Å². The van der Waals surface area contributed by atoms with E-state index < -0.39 is 0 Å². The van der Waals surface area contributed by atoms with Crippen LogP contribution in [0.1, 0.15) is 13.3 Å². The SMILES string of the molecule is CC1OCCC1N(C)c1n[nH]c(=S)n1C. The van der Waals surface area contributed by atoms with E-state index in [1.807, 2.05) is 18.7 Å². The van der Waals surface area contributed by atoms with Crippen molar-refractivity contribution in [1.29, 1.82) is 0 Å². The Bertz CT molecular complexity index is 399. The molecule has 2 unspecified atom stereocenters. The van der Waals surface area contributed by atoms with Crippen LogP contribution in [0.15, 0.2) is 0 Å². The van der Waals surface area contributed by atoms with Crippen molar-refractivity contribution >= 4 is 18.2 Å². The van der Waals surface area contributed by atoms with Crippen LogP contribution in [0.5, 0.6) is 0 Å². The highest BCUT2D eigenvalue weighted by molar-refractivity contribution is 7.71. The number of aromatic amines is 1. The largest absolute Gasteiger partial charge is 0.376 e. The van der Waals surface area contributed by atoms with Crippen molar-refractivity contribution in [2.24, 2.45) is 7.05 Å². The Balaban J connectivity index is 2.24. The number of hydrogen-bond acceptors (Lipinski definition) is 4. The number of H-pyrrole nitrogens is 1. The van der Waals surface area contributed by atoms with Crippen LogP contribution in [0.2, 0.25) is 0 Å². The van der Waals surface area contributed by atoms with Gasteiger partial charge in [0.2, 0.25) is 5.95 Å². The van der Waals surface area contributed by atoms with E-state index in [-0.39, 0.29) is 6.10 Å². The topological polar surface area (TPSA) is 46.1 Å². The third-order valence-corrected chi connectivity index (χ3v) is 3.37. The zero-order valence-corrected chi connectivity index (χ0v) is 10.0. The van der Waals surface area contributed by atoms with Gasteiger partial charge < -0.3 is 9.64 Å². The summed E-state index contributed by atoms with van der Waals surface area (Å²) < 4.78 is 8.06. The van der Waals surface area contributed by atoms with E-state index in [0.717, 1.165) is 19.0 Å². The maximum absolute atomic E-state index is 5.54. The number of nitrogens with zero attached hydrogens (tertiary/aromatic N) is 3. The molecule has 84 valence electrons. The van der Waals surface area contributed by atoms with Crippen LogP contribution in [0, 0.1) is 4.77 Å². The smallest absolute Gasteiger partial charge is 0.225 e. The molecule has 0 aliphatic carbocycles. The molecule has 1 aromatic heterocycles. The lowest BCUT2D eigenvalue weighted by Crippen LogP contribution is -2.38. The molecule has 0 aromatic carbocycles. The molecule has 5 nitrogen and oxygen atoms in total. The van der Waals surface area contributed by atoms with Crippen LogP contribution in [0.4, 0.5) is 5.95 Å². The number of hydrogen-bond donors (Lipinski definition) is 1. The molecule has 1 saturated heterocycles. The average molecular weight is 228 g/mol. The molecular weight excluding hydrogens is 212 g/mol. The van der Waals surface area contributed by atoms with Gasteiger partial charge in [-0.2, -0.15) is 0 Å². The van der Waals surface area contributed by atoms with Crippen molar-refractivity contribution < 1.29 is 4.74 Å². The molecule has 1 aliphatic rings. The maximum Gasteiger partial charge on any atom is 0.225 e. The molecule has 1 N–H and O–H groups in total. The molecule has 6 heteroatoms. The molecule has 1 aliphatic heterocycles. The van der Waals surface area contributed by atoms with Crippen LogP contribution in [-0.4, -0.2) is 40.6 Å². The first-order valence-electron chi connectivity index (χ1n) is 5.07. The van der Waals surface area contributed by atoms with E-state index in [0.29, 0.717) is 10.8 Å². The molecule has 15 heavy (non-hydrogen) atoms. The summed E-state index contributed by atoms with van der Waals surface area (Å²) in [4.78, 5) is 2.13. The average Bonchev–Trinajstić information content (AvgIpc) is 2.75. The second kappa shape index (κ2) is 3.94. The van der Waals surface area contributed by atoms with Crippen LogP contribution < -0.4 is 4.90 Å². The Morgan fingerprint density at radius 2 is 2.40 bits per heavy atom. The Morgan fingerprint density at radius 3 is 2.87 bits per heavy atom. The molecule has 0 bridgehead atoms. The molecule has 2 atom stereocenters. The minimum atomic E-state index is 0.250. The van der Waals surface area contributed by atoms with Crippen molar-refractivity contribution in [3.8, 4) is 0 Å². The molecule has 0 amide bonds. The molecule has 1 fully saturated rings. The number of anilines is 1. The van der Waals surface area contributed by atoms with E-state index in [4.69, 9.17) is 17.0 Å². The summed E-state index contributed by atoms with van der Waals surface area (Å²) in [6, 6.07) is 0.383. The molecule has 0 radical (unpaired) electrons. The summed E-state index contributed by atoms with van der Waals surface area (Å²) in [6.45, 7) is 2.92. The highest BCUT2D eigenvalue weighted by Crippen LogP contribution is 2.22. The molecular formula is C9H16N4OS. The van der Waals surface area contributed by atoms with E-state index in [9.17, 15) is 0 Å². The summed E-state index contributed by atoms with van der Waals surface area (Å²) in [7, 11) is 3.94.